The SMILES string of the molecule is Cc1c(C#N)c(O)n(CCCO)c(=O)c1N=Nc1ccc(O)c(C(=O)O)c1. The predicted molar refractivity (Wildman–Crippen MR) is 92.8 cm³/mol. The molecule has 0 aliphatic heterocycles. The standard InChI is InChI=1S/C17H16N4O6/c1-9-12(8-18)15(24)21(5-2-6-22)16(25)14(9)20-19-10-3-4-13(23)11(7-10)17(26)27/h3-4,7,22-24H,2,5-6H2,1H3,(H,26,27). The van der Waals surface area contributed by atoms with Gasteiger partial charge in [-0.15, -0.1) is 5.11 Å². The molecule has 1 aromatic heterocycles. The number of aromatic nitrogens is 1. The summed E-state index contributed by atoms with van der Waals surface area (Å²) < 4.78 is 0.912. The van der Waals surface area contributed by atoms with Crippen LogP contribution in [0.15, 0.2) is 33.2 Å². The van der Waals surface area contributed by atoms with Gasteiger partial charge >= 0.3 is 5.97 Å². The molecule has 0 aliphatic rings. The molecule has 27 heavy (non-hydrogen) atoms. The number of aliphatic hydroxyl groups excluding tert-OH is 1. The molecule has 0 unspecified atom stereocenters. The van der Waals surface area contributed by atoms with E-state index >= 15 is 0 Å². The van der Waals surface area contributed by atoms with Crippen LogP contribution in [0, 0.1) is 18.3 Å². The third kappa shape index (κ3) is 3.94. The number of carbonyl (C=O) groups is 1. The molecule has 4 N–H and O–H groups in total. The Labute approximate surface area is 152 Å². The molecule has 0 saturated heterocycles. The van der Waals surface area contributed by atoms with E-state index in [9.17, 15) is 25.1 Å². The molecule has 10 nitrogen and oxygen atoms in total. The topological polar surface area (TPSA) is 168 Å². The van der Waals surface area contributed by atoms with Crippen molar-refractivity contribution < 1.29 is 25.2 Å². The highest BCUT2D eigenvalue weighted by Gasteiger charge is 2.19. The molecule has 0 aliphatic carbocycles. The Kier molecular flexibility index (Phi) is 5.89. The monoisotopic (exact) mass is 372 g/mol. The molecule has 2 rings (SSSR count). The summed E-state index contributed by atoms with van der Waals surface area (Å²) in [4.78, 5) is 23.6. The van der Waals surface area contributed by atoms with Gasteiger partial charge in [-0.3, -0.25) is 9.36 Å². The van der Waals surface area contributed by atoms with Crippen molar-refractivity contribution in [3.8, 4) is 17.7 Å². The van der Waals surface area contributed by atoms with Gasteiger partial charge in [-0.1, -0.05) is 0 Å². The van der Waals surface area contributed by atoms with E-state index in [0.29, 0.717) is 0 Å². The van der Waals surface area contributed by atoms with E-state index in [-0.39, 0.29) is 47.6 Å². The number of phenols is 1. The number of rotatable bonds is 6. The Morgan fingerprint density at radius 1 is 1.30 bits per heavy atom. The van der Waals surface area contributed by atoms with E-state index < -0.39 is 23.2 Å². The van der Waals surface area contributed by atoms with Gasteiger partial charge in [0, 0.05) is 18.7 Å². The maximum absolute atomic E-state index is 12.6. The zero-order valence-electron chi connectivity index (χ0n) is 14.2. The van der Waals surface area contributed by atoms with Crippen molar-refractivity contribution in [1.29, 1.82) is 5.26 Å². The highest BCUT2D eigenvalue weighted by atomic mass is 16.4. The molecule has 0 spiro atoms. The summed E-state index contributed by atoms with van der Waals surface area (Å²) in [6.45, 7) is 1.18. The molecule has 140 valence electrons. The molecule has 0 bridgehead atoms. The number of aromatic carboxylic acids is 1. The van der Waals surface area contributed by atoms with Crippen LogP contribution in [0.25, 0.3) is 0 Å². The first kappa shape index (κ1) is 19.6. The highest BCUT2D eigenvalue weighted by molar-refractivity contribution is 5.91. The Balaban J connectivity index is 2.57. The van der Waals surface area contributed by atoms with Gasteiger partial charge < -0.3 is 20.4 Å². The highest BCUT2D eigenvalue weighted by Crippen LogP contribution is 2.28. The Hall–Kier alpha value is -3.71. The minimum Gasteiger partial charge on any atom is -0.507 e. The smallest absolute Gasteiger partial charge is 0.339 e. The Morgan fingerprint density at radius 3 is 2.59 bits per heavy atom. The second-order valence-corrected chi connectivity index (χ2v) is 5.52. The van der Waals surface area contributed by atoms with Crippen molar-refractivity contribution in [2.24, 2.45) is 10.2 Å². The zero-order chi connectivity index (χ0) is 20.1. The van der Waals surface area contributed by atoms with Crippen molar-refractivity contribution in [2.45, 2.75) is 19.9 Å². The van der Waals surface area contributed by atoms with Gasteiger partial charge in [0.15, 0.2) is 5.69 Å². The van der Waals surface area contributed by atoms with E-state index in [1.165, 1.54) is 13.0 Å². The number of aromatic hydroxyl groups is 2. The van der Waals surface area contributed by atoms with E-state index in [2.05, 4.69) is 10.2 Å². The molecule has 0 fully saturated rings. The van der Waals surface area contributed by atoms with Gasteiger partial charge in [0.25, 0.3) is 5.56 Å². The van der Waals surface area contributed by atoms with E-state index in [4.69, 9.17) is 10.2 Å². The third-order valence-corrected chi connectivity index (χ3v) is 3.78. The second kappa shape index (κ2) is 8.11. The van der Waals surface area contributed by atoms with Crippen LogP contribution in [0.1, 0.15) is 27.9 Å². The lowest BCUT2D eigenvalue weighted by atomic mass is 10.1. The first-order valence-electron chi connectivity index (χ1n) is 7.77. The van der Waals surface area contributed by atoms with E-state index in [0.717, 1.165) is 16.7 Å². The number of pyridine rings is 1. The molecule has 1 heterocycles. The summed E-state index contributed by atoms with van der Waals surface area (Å²) in [7, 11) is 0. The van der Waals surface area contributed by atoms with E-state index in [1.54, 1.807) is 6.07 Å². The van der Waals surface area contributed by atoms with Crippen LogP contribution in [0.5, 0.6) is 11.6 Å². The summed E-state index contributed by atoms with van der Waals surface area (Å²) in [5.74, 6) is -2.32. The summed E-state index contributed by atoms with van der Waals surface area (Å²) in [6, 6.07) is 5.30. The third-order valence-electron chi connectivity index (χ3n) is 3.78. The van der Waals surface area contributed by atoms with Gasteiger partial charge in [-0.2, -0.15) is 10.4 Å². The van der Waals surface area contributed by atoms with Crippen LogP contribution in [0.2, 0.25) is 0 Å². The number of benzene rings is 1. The fourth-order valence-corrected chi connectivity index (χ4v) is 2.36. The average molecular weight is 372 g/mol. The van der Waals surface area contributed by atoms with Gasteiger partial charge in [0.1, 0.15) is 22.9 Å². The van der Waals surface area contributed by atoms with Crippen LogP contribution in [0.3, 0.4) is 0 Å². The quantitative estimate of drug-likeness (QED) is 0.561. The van der Waals surface area contributed by atoms with Crippen molar-refractivity contribution in [3.63, 3.8) is 0 Å². The fourth-order valence-electron chi connectivity index (χ4n) is 2.36. The molecule has 1 aromatic carbocycles. The van der Waals surface area contributed by atoms with Crippen LogP contribution in [-0.2, 0) is 6.54 Å². The molecule has 2 aromatic rings. The van der Waals surface area contributed by atoms with Crippen LogP contribution >= 0.6 is 0 Å². The van der Waals surface area contributed by atoms with Gasteiger partial charge in [0.2, 0.25) is 5.88 Å². The molecule has 0 amide bonds. The fraction of sp³-hybridized carbons (Fsp3) is 0.235. The zero-order valence-corrected chi connectivity index (χ0v) is 14.2. The van der Waals surface area contributed by atoms with Gasteiger partial charge in [0.05, 0.1) is 5.69 Å². The first-order valence-corrected chi connectivity index (χ1v) is 7.77. The number of carboxylic acids is 1. The molecular weight excluding hydrogens is 356 g/mol. The van der Waals surface area contributed by atoms with Crippen molar-refractivity contribution >= 4 is 17.3 Å². The molecule has 0 atom stereocenters. The Morgan fingerprint density at radius 2 is 2.00 bits per heavy atom. The first-order chi connectivity index (χ1) is 12.8. The minimum absolute atomic E-state index is 0.0268. The van der Waals surface area contributed by atoms with Crippen molar-refractivity contribution in [2.75, 3.05) is 6.61 Å². The lowest BCUT2D eigenvalue weighted by Crippen LogP contribution is -2.22. The van der Waals surface area contributed by atoms with Crippen molar-refractivity contribution in [3.05, 3.63) is 45.2 Å². The van der Waals surface area contributed by atoms with Gasteiger partial charge in [-0.05, 0) is 31.5 Å². The number of aliphatic hydroxyl groups is 1. The normalized spacial score (nSPS) is 10.9. The summed E-state index contributed by atoms with van der Waals surface area (Å²) >= 11 is 0. The predicted octanol–water partition coefficient (Wildman–Crippen LogP) is 1.94. The lowest BCUT2D eigenvalue weighted by molar-refractivity contribution is 0.0693. The molecule has 10 heteroatoms. The molecule has 0 radical (unpaired) electrons. The lowest BCUT2D eigenvalue weighted by Gasteiger charge is -2.12. The van der Waals surface area contributed by atoms with E-state index in [1.807, 2.05) is 0 Å². The number of hydrogen-bond donors (Lipinski definition) is 4. The number of nitriles is 1. The summed E-state index contributed by atoms with van der Waals surface area (Å²) in [5, 5.41) is 54.4. The minimum atomic E-state index is -1.36. The number of carboxylic acid groups (broad SMARTS) is 1. The largest absolute Gasteiger partial charge is 0.507 e. The average Bonchev–Trinajstić information content (AvgIpc) is 2.63. The Bertz CT molecular complexity index is 1020. The molecular formula is C17H16N4O6. The second-order valence-electron chi connectivity index (χ2n) is 5.52. The van der Waals surface area contributed by atoms with Crippen molar-refractivity contribution in [1.82, 2.24) is 4.57 Å². The maximum Gasteiger partial charge on any atom is 0.339 e. The van der Waals surface area contributed by atoms with Crippen LogP contribution in [0.4, 0.5) is 11.4 Å². The van der Waals surface area contributed by atoms with Gasteiger partial charge in [-0.25, -0.2) is 4.79 Å². The summed E-state index contributed by atoms with van der Waals surface area (Å²) in [5.41, 5.74) is -1.27. The number of hydrogen-bond acceptors (Lipinski definition) is 8. The maximum atomic E-state index is 12.6. The summed E-state index contributed by atoms with van der Waals surface area (Å²) in [6.07, 6.45) is 0.178. The number of nitrogens with zero attached hydrogens (tertiary/aromatic N) is 4. The van der Waals surface area contributed by atoms with Crippen LogP contribution in [-0.4, -0.2) is 37.6 Å². The van der Waals surface area contributed by atoms with Crippen LogP contribution < -0.4 is 5.56 Å². The number of azo groups is 1. The molecule has 0 saturated carbocycles.